The normalized spacial score (nSPS) is 13.9. The first-order valence-corrected chi connectivity index (χ1v) is 15.7. The summed E-state index contributed by atoms with van der Waals surface area (Å²) in [5, 5.41) is 12.7. The quantitative estimate of drug-likeness (QED) is 0.161. The Hall–Kier alpha value is -5.02. The van der Waals surface area contributed by atoms with Gasteiger partial charge in [-0.2, -0.15) is 5.10 Å². The number of halogens is 1. The van der Waals surface area contributed by atoms with Crippen LogP contribution in [0.25, 0.3) is 55.4 Å². The molecule has 0 spiro atoms. The zero-order valence-electron chi connectivity index (χ0n) is 26.3. The molecule has 0 saturated carbocycles. The van der Waals surface area contributed by atoms with Crippen LogP contribution in [-0.2, 0) is 4.79 Å². The Kier molecular flexibility index (Phi) is 7.78. The molecule has 8 nitrogen and oxygen atoms in total. The fourth-order valence-electron chi connectivity index (χ4n) is 6.02. The van der Waals surface area contributed by atoms with Gasteiger partial charge in [0.05, 0.1) is 23.1 Å². The minimum atomic E-state index is -0.516. The van der Waals surface area contributed by atoms with Crippen molar-refractivity contribution in [3.63, 3.8) is 0 Å². The summed E-state index contributed by atoms with van der Waals surface area (Å²) >= 11 is 0. The van der Waals surface area contributed by atoms with Crippen LogP contribution < -0.4 is 10.1 Å². The number of hydrogen-bond acceptors (Lipinski definition) is 5. The molecule has 3 aromatic heterocycles. The highest BCUT2D eigenvalue weighted by atomic mass is 19.1. The van der Waals surface area contributed by atoms with Crippen LogP contribution in [0.5, 0.6) is 5.75 Å². The van der Waals surface area contributed by atoms with E-state index in [1.807, 2.05) is 63.2 Å². The fraction of sp³-hybridized carbons (Fsp3) is 0.270. The topological polar surface area (TPSA) is 98.9 Å². The van der Waals surface area contributed by atoms with Crippen LogP contribution in [0.2, 0.25) is 0 Å². The minimum absolute atomic E-state index is 0.0725. The second kappa shape index (κ2) is 12.1. The van der Waals surface area contributed by atoms with E-state index in [4.69, 9.17) is 4.74 Å². The van der Waals surface area contributed by atoms with Gasteiger partial charge in [-0.05, 0) is 85.1 Å². The number of carbonyl (C=O) groups is 1. The Morgan fingerprint density at radius 3 is 2.61 bits per heavy atom. The number of H-pyrrole nitrogens is 2. The number of amides is 1. The Balaban J connectivity index is 1.19. The molecule has 9 heteroatoms. The molecule has 0 unspecified atom stereocenters. The third-order valence-corrected chi connectivity index (χ3v) is 8.55. The van der Waals surface area contributed by atoms with Gasteiger partial charge in [0.1, 0.15) is 23.9 Å². The predicted molar refractivity (Wildman–Crippen MR) is 181 cm³/mol. The maximum atomic E-state index is 14.8. The number of ether oxygens (including phenoxy) is 1. The molecule has 1 aliphatic heterocycles. The summed E-state index contributed by atoms with van der Waals surface area (Å²) < 4.78 is 20.8. The smallest absolute Gasteiger partial charge is 0.229 e. The van der Waals surface area contributed by atoms with Gasteiger partial charge >= 0.3 is 0 Å². The SMILES string of the molecule is CC(C)(C)C(=O)Nc1cncc(-c2ccc3[nH]nc(-c4cc5c(-c6cc(F)cc(OCCN7CCCC7)c6)cccc5[nH]4)c3c2)c1. The summed E-state index contributed by atoms with van der Waals surface area (Å²) in [5.41, 5.74) is 7.05. The van der Waals surface area contributed by atoms with Crippen molar-refractivity contribution in [2.45, 2.75) is 33.6 Å². The van der Waals surface area contributed by atoms with Crippen molar-refractivity contribution >= 4 is 33.4 Å². The second-order valence-corrected chi connectivity index (χ2v) is 13.0. The van der Waals surface area contributed by atoms with E-state index >= 15 is 0 Å². The van der Waals surface area contributed by atoms with Gasteiger partial charge in [0.15, 0.2) is 0 Å². The molecule has 6 aromatic rings. The molecule has 3 aromatic carbocycles. The molecule has 1 amide bonds. The molecular weight excluding hydrogens is 579 g/mol. The molecule has 0 aliphatic carbocycles. The van der Waals surface area contributed by atoms with Crippen molar-refractivity contribution in [2.24, 2.45) is 5.41 Å². The molecule has 1 aliphatic rings. The number of anilines is 1. The average Bonchev–Trinajstić information content (AvgIpc) is 3.80. The van der Waals surface area contributed by atoms with Crippen molar-refractivity contribution in [1.82, 2.24) is 25.1 Å². The van der Waals surface area contributed by atoms with Gasteiger partial charge in [-0.3, -0.25) is 19.8 Å². The lowest BCUT2D eigenvalue weighted by atomic mass is 9.95. The summed E-state index contributed by atoms with van der Waals surface area (Å²) in [4.78, 5) is 22.8. The first-order valence-electron chi connectivity index (χ1n) is 15.7. The summed E-state index contributed by atoms with van der Waals surface area (Å²) in [6.07, 6.45) is 5.89. The fourth-order valence-corrected chi connectivity index (χ4v) is 6.02. The summed E-state index contributed by atoms with van der Waals surface area (Å²) in [7, 11) is 0. The number of fused-ring (bicyclic) bond motifs is 2. The van der Waals surface area contributed by atoms with Gasteiger partial charge in [0.25, 0.3) is 0 Å². The molecule has 1 saturated heterocycles. The number of pyridine rings is 1. The monoisotopic (exact) mass is 616 g/mol. The number of benzene rings is 3. The predicted octanol–water partition coefficient (Wildman–Crippen LogP) is 8.04. The van der Waals surface area contributed by atoms with Gasteiger partial charge in [0, 0.05) is 46.1 Å². The van der Waals surface area contributed by atoms with E-state index in [0.29, 0.717) is 18.0 Å². The van der Waals surface area contributed by atoms with E-state index in [2.05, 4.69) is 42.5 Å². The standard InChI is InChI=1S/C37H37FN6O2/c1-37(2,3)36(45)40-27-16-25(21-39-22-27)23-9-10-33-31(18-23)35(43-42-33)34-20-30-29(7-6-8-32(30)41-34)24-15-26(38)19-28(17-24)46-14-13-44-11-4-5-12-44/h6-10,15-22,41H,4-5,11-14H2,1-3H3,(H,40,45)(H,42,43). The van der Waals surface area contributed by atoms with Crippen LogP contribution >= 0.6 is 0 Å². The van der Waals surface area contributed by atoms with Gasteiger partial charge in [-0.25, -0.2) is 4.39 Å². The van der Waals surface area contributed by atoms with Crippen LogP contribution in [0, 0.1) is 11.2 Å². The van der Waals surface area contributed by atoms with Crippen LogP contribution in [0.4, 0.5) is 10.1 Å². The minimum Gasteiger partial charge on any atom is -0.492 e. The Morgan fingerprint density at radius 2 is 1.78 bits per heavy atom. The molecule has 0 radical (unpaired) electrons. The molecule has 46 heavy (non-hydrogen) atoms. The van der Waals surface area contributed by atoms with E-state index in [0.717, 1.165) is 75.1 Å². The van der Waals surface area contributed by atoms with Gasteiger partial charge < -0.3 is 15.0 Å². The molecule has 4 heterocycles. The highest BCUT2D eigenvalue weighted by Gasteiger charge is 2.22. The van der Waals surface area contributed by atoms with Crippen LogP contribution in [0.1, 0.15) is 33.6 Å². The second-order valence-electron chi connectivity index (χ2n) is 13.0. The summed E-state index contributed by atoms with van der Waals surface area (Å²) in [6.45, 7) is 9.21. The average molecular weight is 617 g/mol. The van der Waals surface area contributed by atoms with Crippen molar-refractivity contribution in [3.8, 4) is 39.4 Å². The largest absolute Gasteiger partial charge is 0.492 e. The van der Waals surface area contributed by atoms with Crippen molar-refractivity contribution in [2.75, 3.05) is 31.6 Å². The lowest BCUT2D eigenvalue weighted by Crippen LogP contribution is -2.27. The van der Waals surface area contributed by atoms with Crippen molar-refractivity contribution in [1.29, 1.82) is 0 Å². The van der Waals surface area contributed by atoms with Crippen molar-refractivity contribution < 1.29 is 13.9 Å². The third kappa shape index (κ3) is 6.10. The first kappa shape index (κ1) is 29.7. The lowest BCUT2D eigenvalue weighted by molar-refractivity contribution is -0.123. The zero-order valence-corrected chi connectivity index (χ0v) is 26.3. The Bertz CT molecular complexity index is 2050. The number of rotatable bonds is 8. The molecule has 234 valence electrons. The van der Waals surface area contributed by atoms with Crippen molar-refractivity contribution in [3.05, 3.63) is 84.9 Å². The zero-order chi connectivity index (χ0) is 31.8. The number of nitrogens with zero attached hydrogens (tertiary/aromatic N) is 3. The number of hydrogen-bond donors (Lipinski definition) is 3. The van der Waals surface area contributed by atoms with Gasteiger partial charge in [-0.15, -0.1) is 0 Å². The highest BCUT2D eigenvalue weighted by Crippen LogP contribution is 2.36. The number of aromatic amines is 2. The summed E-state index contributed by atoms with van der Waals surface area (Å²) in [5.74, 6) is 0.129. The van der Waals surface area contributed by atoms with E-state index in [1.54, 1.807) is 18.5 Å². The third-order valence-electron chi connectivity index (χ3n) is 8.55. The van der Waals surface area contributed by atoms with E-state index in [1.165, 1.54) is 18.9 Å². The summed E-state index contributed by atoms with van der Waals surface area (Å²) in [6, 6.07) is 21.0. The molecule has 3 N–H and O–H groups in total. The van der Waals surface area contributed by atoms with Crippen LogP contribution in [0.15, 0.2) is 79.1 Å². The molecular formula is C37H37FN6O2. The maximum absolute atomic E-state index is 14.8. The van der Waals surface area contributed by atoms with E-state index < -0.39 is 5.41 Å². The number of carbonyl (C=O) groups excluding carboxylic acids is 1. The lowest BCUT2D eigenvalue weighted by Gasteiger charge is -2.17. The molecule has 0 atom stereocenters. The molecule has 1 fully saturated rings. The maximum Gasteiger partial charge on any atom is 0.229 e. The Labute approximate surface area is 267 Å². The molecule has 0 bridgehead atoms. The van der Waals surface area contributed by atoms with Crippen LogP contribution in [0.3, 0.4) is 0 Å². The molecule has 7 rings (SSSR count). The highest BCUT2D eigenvalue weighted by molar-refractivity contribution is 6.02. The number of aromatic nitrogens is 4. The van der Waals surface area contributed by atoms with Crippen LogP contribution in [-0.4, -0.2) is 57.2 Å². The van der Waals surface area contributed by atoms with Gasteiger partial charge in [0.2, 0.25) is 5.91 Å². The number of likely N-dealkylation sites (tertiary alicyclic amines) is 1. The van der Waals surface area contributed by atoms with E-state index in [9.17, 15) is 9.18 Å². The first-order chi connectivity index (χ1) is 22.2. The van der Waals surface area contributed by atoms with Gasteiger partial charge in [-0.1, -0.05) is 39.0 Å². The number of nitrogens with one attached hydrogen (secondary N) is 3. The van der Waals surface area contributed by atoms with E-state index in [-0.39, 0.29) is 11.7 Å². The Morgan fingerprint density at radius 1 is 0.935 bits per heavy atom.